The lowest BCUT2D eigenvalue weighted by Gasteiger charge is -2.32. The summed E-state index contributed by atoms with van der Waals surface area (Å²) in [4.78, 5) is 11.0. The molecule has 0 amide bonds. The van der Waals surface area contributed by atoms with Gasteiger partial charge in [-0.2, -0.15) is 0 Å². The van der Waals surface area contributed by atoms with Gasteiger partial charge in [-0.1, -0.05) is 19.8 Å². The van der Waals surface area contributed by atoms with Gasteiger partial charge in [0, 0.05) is 19.3 Å². The van der Waals surface area contributed by atoms with Crippen molar-refractivity contribution in [2.45, 2.75) is 38.5 Å². The van der Waals surface area contributed by atoms with Crippen LogP contribution >= 0.6 is 11.6 Å². The molecular weight excluding hydrogens is 234 g/mol. The first kappa shape index (κ1) is 12.6. The van der Waals surface area contributed by atoms with Crippen molar-refractivity contribution in [1.29, 1.82) is 0 Å². The normalized spacial score (nSPS) is 17.4. The fourth-order valence-corrected chi connectivity index (χ4v) is 2.60. The molecule has 94 valence electrons. The van der Waals surface area contributed by atoms with Crippen LogP contribution in [0.2, 0.25) is 0 Å². The second-order valence-corrected chi connectivity index (χ2v) is 4.99. The molecule has 0 radical (unpaired) electrons. The Morgan fingerprint density at radius 2 is 2.12 bits per heavy atom. The summed E-state index contributed by atoms with van der Waals surface area (Å²) < 4.78 is 0. The molecule has 0 bridgehead atoms. The molecule has 2 heterocycles. The van der Waals surface area contributed by atoms with Crippen LogP contribution in [0.4, 0.5) is 5.82 Å². The summed E-state index contributed by atoms with van der Waals surface area (Å²) in [7, 11) is 0. The van der Waals surface area contributed by atoms with Gasteiger partial charge in [0.05, 0.1) is 17.8 Å². The van der Waals surface area contributed by atoms with E-state index < -0.39 is 0 Å². The first-order valence-corrected chi connectivity index (χ1v) is 6.98. The number of piperidine rings is 1. The average Bonchev–Trinajstić information content (AvgIpc) is 2.40. The number of nitrogens with zero attached hydrogens (tertiary/aromatic N) is 3. The minimum absolute atomic E-state index is 0.438. The third-order valence-corrected chi connectivity index (χ3v) is 3.72. The fraction of sp³-hybridized carbons (Fsp3) is 0.692. The van der Waals surface area contributed by atoms with Gasteiger partial charge in [-0.3, -0.25) is 4.98 Å². The van der Waals surface area contributed by atoms with Crippen LogP contribution in [0.1, 0.15) is 38.3 Å². The third-order valence-electron chi connectivity index (χ3n) is 3.44. The minimum Gasteiger partial charge on any atom is -0.355 e. The van der Waals surface area contributed by atoms with Gasteiger partial charge in [-0.05, 0) is 18.8 Å². The van der Waals surface area contributed by atoms with Crippen LogP contribution in [0.15, 0.2) is 12.4 Å². The molecule has 0 saturated carbocycles. The summed E-state index contributed by atoms with van der Waals surface area (Å²) in [6, 6.07) is 0. The van der Waals surface area contributed by atoms with E-state index in [1.54, 1.807) is 6.20 Å². The van der Waals surface area contributed by atoms with Crippen LogP contribution in [-0.4, -0.2) is 23.1 Å². The molecule has 0 unspecified atom stereocenters. The lowest BCUT2D eigenvalue weighted by Crippen LogP contribution is -2.34. The van der Waals surface area contributed by atoms with Gasteiger partial charge < -0.3 is 4.90 Å². The van der Waals surface area contributed by atoms with Gasteiger partial charge in [0.25, 0.3) is 0 Å². The van der Waals surface area contributed by atoms with Crippen LogP contribution < -0.4 is 4.90 Å². The Morgan fingerprint density at radius 1 is 1.35 bits per heavy atom. The van der Waals surface area contributed by atoms with E-state index in [2.05, 4.69) is 21.8 Å². The fourth-order valence-electron chi connectivity index (χ4n) is 2.47. The van der Waals surface area contributed by atoms with Crippen molar-refractivity contribution in [2.75, 3.05) is 18.0 Å². The highest BCUT2D eigenvalue weighted by Gasteiger charge is 2.19. The van der Waals surface area contributed by atoms with E-state index >= 15 is 0 Å². The van der Waals surface area contributed by atoms with Gasteiger partial charge in [-0.15, -0.1) is 11.6 Å². The van der Waals surface area contributed by atoms with E-state index in [4.69, 9.17) is 11.6 Å². The van der Waals surface area contributed by atoms with Crippen molar-refractivity contribution in [3.8, 4) is 0 Å². The maximum atomic E-state index is 5.78. The number of aromatic nitrogens is 2. The van der Waals surface area contributed by atoms with Crippen LogP contribution in [0.5, 0.6) is 0 Å². The highest BCUT2D eigenvalue weighted by Crippen LogP contribution is 2.24. The Hall–Kier alpha value is -0.830. The van der Waals surface area contributed by atoms with Crippen LogP contribution in [-0.2, 0) is 5.88 Å². The van der Waals surface area contributed by atoms with Gasteiger partial charge in [0.1, 0.15) is 5.82 Å². The summed E-state index contributed by atoms with van der Waals surface area (Å²) in [6.45, 7) is 4.47. The second-order valence-electron chi connectivity index (χ2n) is 4.72. The Bertz CT molecular complexity index is 348. The molecule has 4 heteroatoms. The van der Waals surface area contributed by atoms with E-state index in [1.807, 2.05) is 6.20 Å². The molecule has 0 aliphatic carbocycles. The van der Waals surface area contributed by atoms with Crippen LogP contribution in [0, 0.1) is 5.92 Å². The van der Waals surface area contributed by atoms with Gasteiger partial charge >= 0.3 is 0 Å². The summed E-state index contributed by atoms with van der Waals surface area (Å²) in [5.74, 6) is 2.33. The van der Waals surface area contributed by atoms with Crippen molar-refractivity contribution < 1.29 is 0 Å². The zero-order chi connectivity index (χ0) is 12.1. The first-order chi connectivity index (χ1) is 8.33. The molecule has 1 fully saturated rings. The van der Waals surface area contributed by atoms with Crippen LogP contribution in [0.3, 0.4) is 0 Å². The maximum absolute atomic E-state index is 5.78. The molecule has 0 atom stereocenters. The van der Waals surface area contributed by atoms with Gasteiger partial charge in [-0.25, -0.2) is 4.98 Å². The molecule has 1 aromatic heterocycles. The molecule has 17 heavy (non-hydrogen) atoms. The van der Waals surface area contributed by atoms with E-state index in [9.17, 15) is 0 Å². The highest BCUT2D eigenvalue weighted by molar-refractivity contribution is 6.16. The predicted molar refractivity (Wildman–Crippen MR) is 71.4 cm³/mol. The first-order valence-electron chi connectivity index (χ1n) is 6.45. The molecule has 0 spiro atoms. The minimum atomic E-state index is 0.438. The van der Waals surface area contributed by atoms with Crippen molar-refractivity contribution in [3.05, 3.63) is 18.1 Å². The number of rotatable bonds is 4. The molecule has 1 aromatic rings. The Kier molecular flexibility index (Phi) is 4.60. The van der Waals surface area contributed by atoms with E-state index in [0.717, 1.165) is 30.5 Å². The quantitative estimate of drug-likeness (QED) is 0.772. The summed E-state index contributed by atoms with van der Waals surface area (Å²) in [5.41, 5.74) is 0.861. The predicted octanol–water partition coefficient (Wildman–Crippen LogP) is 3.23. The van der Waals surface area contributed by atoms with Gasteiger partial charge in [0.2, 0.25) is 0 Å². The Balaban J connectivity index is 1.95. The molecule has 3 nitrogen and oxygen atoms in total. The monoisotopic (exact) mass is 253 g/mol. The lowest BCUT2D eigenvalue weighted by atomic mass is 9.92. The molecule has 2 rings (SSSR count). The maximum Gasteiger partial charge on any atom is 0.147 e. The third kappa shape index (κ3) is 3.32. The molecule has 1 aliphatic heterocycles. The summed E-state index contributed by atoms with van der Waals surface area (Å²) in [6.07, 6.45) is 8.80. The molecule has 1 saturated heterocycles. The number of alkyl halides is 1. The standard InChI is InChI=1S/C13H20ClN3/c1-2-3-11-4-6-17(7-5-11)13-10-15-9-12(8-14)16-13/h9-11H,2-8H2,1H3. The highest BCUT2D eigenvalue weighted by atomic mass is 35.5. The number of hydrogen-bond acceptors (Lipinski definition) is 3. The molecule has 0 N–H and O–H groups in total. The summed E-state index contributed by atoms with van der Waals surface area (Å²) >= 11 is 5.78. The molecule has 0 aromatic carbocycles. The van der Waals surface area contributed by atoms with E-state index in [1.165, 1.54) is 25.7 Å². The average molecular weight is 254 g/mol. The van der Waals surface area contributed by atoms with Crippen molar-refractivity contribution in [1.82, 2.24) is 9.97 Å². The largest absolute Gasteiger partial charge is 0.355 e. The zero-order valence-electron chi connectivity index (χ0n) is 10.4. The van der Waals surface area contributed by atoms with Crippen molar-refractivity contribution >= 4 is 17.4 Å². The Morgan fingerprint density at radius 3 is 2.76 bits per heavy atom. The summed E-state index contributed by atoms with van der Waals surface area (Å²) in [5, 5.41) is 0. The molecular formula is C13H20ClN3. The lowest BCUT2D eigenvalue weighted by molar-refractivity contribution is 0.377. The van der Waals surface area contributed by atoms with E-state index in [0.29, 0.717) is 5.88 Å². The SMILES string of the molecule is CCCC1CCN(c2cncc(CCl)n2)CC1. The van der Waals surface area contributed by atoms with Crippen LogP contribution in [0.25, 0.3) is 0 Å². The molecule has 1 aliphatic rings. The number of halogens is 1. The second kappa shape index (κ2) is 6.20. The van der Waals surface area contributed by atoms with Gasteiger partial charge in [0.15, 0.2) is 0 Å². The van der Waals surface area contributed by atoms with E-state index in [-0.39, 0.29) is 0 Å². The number of anilines is 1. The van der Waals surface area contributed by atoms with Crippen molar-refractivity contribution in [3.63, 3.8) is 0 Å². The topological polar surface area (TPSA) is 29.0 Å². The Labute approximate surface area is 108 Å². The zero-order valence-corrected chi connectivity index (χ0v) is 11.2. The van der Waals surface area contributed by atoms with Crippen molar-refractivity contribution in [2.24, 2.45) is 5.92 Å². The number of hydrogen-bond donors (Lipinski definition) is 0. The smallest absolute Gasteiger partial charge is 0.147 e.